The number of nitrogens with zero attached hydrogens (tertiary/aromatic N) is 2. The Morgan fingerprint density at radius 3 is 2.96 bits per heavy atom. The number of ether oxygens (including phenoxy) is 1. The molecule has 140 valence electrons. The van der Waals surface area contributed by atoms with Crippen molar-refractivity contribution in [3.63, 3.8) is 0 Å². The predicted octanol–water partition coefficient (Wildman–Crippen LogP) is 1.43. The van der Waals surface area contributed by atoms with Crippen molar-refractivity contribution >= 4 is 43.4 Å². The number of fused-ring (bicyclic) bond motifs is 4. The van der Waals surface area contributed by atoms with E-state index in [2.05, 4.69) is 36.5 Å². The molecule has 1 aromatic carbocycles. The van der Waals surface area contributed by atoms with Crippen LogP contribution >= 0.6 is 15.9 Å². The van der Waals surface area contributed by atoms with Crippen molar-refractivity contribution in [2.75, 3.05) is 30.4 Å². The van der Waals surface area contributed by atoms with Crippen LogP contribution in [0, 0.1) is 5.92 Å². The standard InChI is InChI=1S/C15H18BrN5O4S/c16-11-6-19-15-20-10-1-2-13(26(17,23)24)12(5-10)25-8-9(7-22)3-4-18-14(11)21-15/h1-2,5-6,9,22H,3-4,7-8H2,(H2,17,23,24)(H2,18,19,20,21). The van der Waals surface area contributed by atoms with Gasteiger partial charge in [-0.05, 0) is 34.5 Å². The second kappa shape index (κ2) is 7.74. The van der Waals surface area contributed by atoms with Gasteiger partial charge in [-0.25, -0.2) is 18.5 Å². The molecule has 0 saturated carbocycles. The molecule has 1 aromatic heterocycles. The van der Waals surface area contributed by atoms with E-state index in [1.54, 1.807) is 12.3 Å². The highest BCUT2D eigenvalue weighted by molar-refractivity contribution is 9.10. The number of nitrogens with one attached hydrogen (secondary N) is 2. The first-order valence-electron chi connectivity index (χ1n) is 7.81. The van der Waals surface area contributed by atoms with E-state index >= 15 is 0 Å². The fourth-order valence-electron chi connectivity index (χ4n) is 2.44. The van der Waals surface area contributed by atoms with Crippen LogP contribution in [0.25, 0.3) is 0 Å². The number of hydrogen-bond acceptors (Lipinski definition) is 8. The minimum atomic E-state index is -3.95. The average Bonchev–Trinajstić information content (AvgIpc) is 2.59. The van der Waals surface area contributed by atoms with Crippen LogP contribution < -0.4 is 20.5 Å². The van der Waals surface area contributed by atoms with E-state index in [0.29, 0.717) is 34.9 Å². The molecular weight excluding hydrogens is 426 g/mol. The van der Waals surface area contributed by atoms with Crippen molar-refractivity contribution in [3.05, 3.63) is 28.9 Å². The Labute approximate surface area is 159 Å². The van der Waals surface area contributed by atoms with E-state index in [0.717, 1.165) is 0 Å². The van der Waals surface area contributed by atoms with Crippen molar-refractivity contribution in [2.24, 2.45) is 11.1 Å². The van der Waals surface area contributed by atoms with Gasteiger partial charge in [-0.15, -0.1) is 0 Å². The van der Waals surface area contributed by atoms with Crippen LogP contribution in [0.2, 0.25) is 0 Å². The molecule has 0 fully saturated rings. The van der Waals surface area contributed by atoms with Gasteiger partial charge in [0.15, 0.2) is 0 Å². The van der Waals surface area contributed by atoms with E-state index in [-0.39, 0.29) is 29.8 Å². The summed E-state index contributed by atoms with van der Waals surface area (Å²) in [6.07, 6.45) is 2.21. The molecule has 5 N–H and O–H groups in total. The zero-order valence-electron chi connectivity index (χ0n) is 13.6. The summed E-state index contributed by atoms with van der Waals surface area (Å²) in [5, 5.41) is 21.0. The normalized spacial score (nSPS) is 17.6. The summed E-state index contributed by atoms with van der Waals surface area (Å²) in [5.74, 6) is 0.873. The lowest BCUT2D eigenvalue weighted by Crippen LogP contribution is -2.21. The molecule has 3 rings (SSSR count). The van der Waals surface area contributed by atoms with Gasteiger partial charge in [0.25, 0.3) is 0 Å². The molecule has 0 aliphatic carbocycles. The molecular formula is C15H18BrN5O4S. The Kier molecular flexibility index (Phi) is 5.61. The van der Waals surface area contributed by atoms with Crippen LogP contribution in [-0.4, -0.2) is 43.3 Å². The Bertz CT molecular complexity index is 909. The lowest BCUT2D eigenvalue weighted by Gasteiger charge is -2.17. The Morgan fingerprint density at radius 1 is 1.42 bits per heavy atom. The average molecular weight is 444 g/mol. The number of hydrogen-bond donors (Lipinski definition) is 4. The van der Waals surface area contributed by atoms with Crippen molar-refractivity contribution in [2.45, 2.75) is 11.3 Å². The molecule has 2 aromatic rings. The van der Waals surface area contributed by atoms with Gasteiger partial charge in [0.2, 0.25) is 16.0 Å². The molecule has 1 unspecified atom stereocenters. The number of halogens is 1. The molecule has 2 heterocycles. The monoisotopic (exact) mass is 443 g/mol. The highest BCUT2D eigenvalue weighted by atomic mass is 79.9. The quantitative estimate of drug-likeness (QED) is 0.546. The summed E-state index contributed by atoms with van der Waals surface area (Å²) < 4.78 is 30.0. The minimum absolute atomic E-state index is 0.0967. The van der Waals surface area contributed by atoms with Crippen molar-refractivity contribution in [1.82, 2.24) is 9.97 Å². The molecule has 4 bridgehead atoms. The van der Waals surface area contributed by atoms with Crippen LogP contribution in [0.1, 0.15) is 6.42 Å². The van der Waals surface area contributed by atoms with E-state index in [1.807, 2.05) is 0 Å². The number of aliphatic hydroxyl groups is 1. The van der Waals surface area contributed by atoms with Gasteiger partial charge in [0.05, 0.1) is 11.1 Å². The SMILES string of the molecule is NS(=O)(=O)c1ccc2cc1OCC(CO)CCNc1nc(ncc1Br)N2. The van der Waals surface area contributed by atoms with E-state index in [1.165, 1.54) is 12.1 Å². The van der Waals surface area contributed by atoms with Crippen LogP contribution in [0.5, 0.6) is 5.75 Å². The van der Waals surface area contributed by atoms with E-state index in [4.69, 9.17) is 9.88 Å². The maximum absolute atomic E-state index is 11.8. The van der Waals surface area contributed by atoms with E-state index in [9.17, 15) is 13.5 Å². The summed E-state index contributed by atoms with van der Waals surface area (Å²) in [7, 11) is -3.95. The van der Waals surface area contributed by atoms with Gasteiger partial charge >= 0.3 is 0 Å². The van der Waals surface area contributed by atoms with Gasteiger partial charge in [-0.1, -0.05) is 0 Å². The molecule has 0 spiro atoms. The first kappa shape index (κ1) is 18.8. The Morgan fingerprint density at radius 2 is 2.23 bits per heavy atom. The molecule has 26 heavy (non-hydrogen) atoms. The van der Waals surface area contributed by atoms with Gasteiger partial charge in [0, 0.05) is 37.0 Å². The summed E-state index contributed by atoms with van der Waals surface area (Å²) in [4.78, 5) is 8.45. The third-order valence-corrected chi connectivity index (χ3v) is 5.36. The van der Waals surface area contributed by atoms with Crippen molar-refractivity contribution < 1.29 is 18.3 Å². The minimum Gasteiger partial charge on any atom is -0.492 e. The Balaban J connectivity index is 2.04. The van der Waals surface area contributed by atoms with Gasteiger partial charge in [-0.2, -0.15) is 4.98 Å². The summed E-state index contributed by atoms with van der Waals surface area (Å²) >= 11 is 3.39. The first-order valence-corrected chi connectivity index (χ1v) is 10.1. The third kappa shape index (κ3) is 4.41. The van der Waals surface area contributed by atoms with Crippen LogP contribution in [0.15, 0.2) is 33.8 Å². The molecule has 0 amide bonds. The molecule has 11 heteroatoms. The van der Waals surface area contributed by atoms with Gasteiger partial charge < -0.3 is 20.5 Å². The molecule has 1 aliphatic rings. The first-order chi connectivity index (χ1) is 12.4. The van der Waals surface area contributed by atoms with Crippen LogP contribution in [0.3, 0.4) is 0 Å². The fourth-order valence-corrected chi connectivity index (χ4v) is 3.43. The number of anilines is 3. The van der Waals surface area contributed by atoms with Crippen LogP contribution in [0.4, 0.5) is 17.5 Å². The summed E-state index contributed by atoms with van der Waals surface area (Å²) in [5.41, 5.74) is 0.542. The molecule has 0 saturated heterocycles. The molecule has 1 aliphatic heterocycles. The zero-order chi connectivity index (χ0) is 18.7. The van der Waals surface area contributed by atoms with Crippen molar-refractivity contribution in [1.29, 1.82) is 0 Å². The summed E-state index contributed by atoms with van der Waals surface area (Å²) in [6, 6.07) is 4.43. The summed E-state index contributed by atoms with van der Waals surface area (Å²) in [6.45, 7) is 0.596. The second-order valence-electron chi connectivity index (χ2n) is 5.80. The van der Waals surface area contributed by atoms with Gasteiger partial charge in [-0.3, -0.25) is 0 Å². The zero-order valence-corrected chi connectivity index (χ0v) is 16.0. The number of nitrogens with two attached hydrogens (primary N) is 1. The molecule has 0 radical (unpaired) electrons. The lowest BCUT2D eigenvalue weighted by molar-refractivity contribution is 0.156. The van der Waals surface area contributed by atoms with E-state index < -0.39 is 10.0 Å². The fraction of sp³-hybridized carbons (Fsp3) is 0.333. The second-order valence-corrected chi connectivity index (χ2v) is 8.18. The largest absolute Gasteiger partial charge is 0.492 e. The van der Waals surface area contributed by atoms with Gasteiger partial charge in [0.1, 0.15) is 16.5 Å². The molecule has 9 nitrogen and oxygen atoms in total. The number of aliphatic hydroxyl groups excluding tert-OH is 1. The smallest absolute Gasteiger partial charge is 0.241 e. The number of benzene rings is 1. The number of primary sulfonamides is 1. The molecule has 1 atom stereocenters. The maximum Gasteiger partial charge on any atom is 0.241 e. The van der Waals surface area contributed by atoms with Crippen LogP contribution in [-0.2, 0) is 10.0 Å². The number of aromatic nitrogens is 2. The predicted molar refractivity (Wildman–Crippen MR) is 100 cm³/mol. The topological polar surface area (TPSA) is 139 Å². The third-order valence-electron chi connectivity index (χ3n) is 3.83. The highest BCUT2D eigenvalue weighted by Crippen LogP contribution is 2.29. The number of rotatable bonds is 2. The van der Waals surface area contributed by atoms with Crippen molar-refractivity contribution in [3.8, 4) is 5.75 Å². The number of sulfonamides is 1. The lowest BCUT2D eigenvalue weighted by atomic mass is 10.1. The highest BCUT2D eigenvalue weighted by Gasteiger charge is 2.19. The Hall–Kier alpha value is -1.95. The maximum atomic E-state index is 11.8.